The number of anilines is 3. The number of aromatic nitrogens is 2. The number of halogens is 1. The largest absolute Gasteiger partial charge is 0.343 e. The van der Waals surface area contributed by atoms with Gasteiger partial charge in [-0.05, 0) is 62.2 Å². The van der Waals surface area contributed by atoms with Gasteiger partial charge in [-0.3, -0.25) is 19.7 Å². The Bertz CT molecular complexity index is 1690. The first-order chi connectivity index (χ1) is 19.1. The van der Waals surface area contributed by atoms with Gasteiger partial charge in [0, 0.05) is 29.2 Å². The Morgan fingerprint density at radius 2 is 1.75 bits per heavy atom. The summed E-state index contributed by atoms with van der Waals surface area (Å²) in [4.78, 5) is 38.0. The molecule has 1 atom stereocenters. The van der Waals surface area contributed by atoms with E-state index in [0.29, 0.717) is 28.5 Å². The normalized spacial score (nSPS) is 14.2. The summed E-state index contributed by atoms with van der Waals surface area (Å²) in [5.74, 6) is -1.06. The molecule has 1 aliphatic heterocycles. The number of nitrogens with zero attached hydrogens (tertiary/aromatic N) is 3. The van der Waals surface area contributed by atoms with E-state index < -0.39 is 28.6 Å². The molecule has 10 nitrogen and oxygen atoms in total. The highest BCUT2D eigenvalue weighted by atomic mass is 19.1. The van der Waals surface area contributed by atoms with Crippen LogP contribution < -0.4 is 16.0 Å². The van der Waals surface area contributed by atoms with Gasteiger partial charge in [0.1, 0.15) is 23.2 Å². The molecule has 0 radical (unpaired) electrons. The van der Waals surface area contributed by atoms with Crippen LogP contribution in [0.5, 0.6) is 0 Å². The summed E-state index contributed by atoms with van der Waals surface area (Å²) in [5.41, 5.74) is 4.13. The smallest absolute Gasteiger partial charge is 0.269 e. The average Bonchev–Trinajstić information content (AvgIpc) is 3.34. The summed E-state index contributed by atoms with van der Waals surface area (Å²) >= 11 is 0. The van der Waals surface area contributed by atoms with Gasteiger partial charge in [-0.25, -0.2) is 9.07 Å². The van der Waals surface area contributed by atoms with Crippen LogP contribution in [0.3, 0.4) is 0 Å². The summed E-state index contributed by atoms with van der Waals surface area (Å²) in [6.45, 7) is 5.54. The number of carbonyl (C=O) groups excluding carboxylic acids is 2. The average molecular weight is 541 g/mol. The molecule has 0 saturated carbocycles. The number of rotatable bonds is 6. The summed E-state index contributed by atoms with van der Waals surface area (Å²) in [7, 11) is 0. The molecule has 202 valence electrons. The lowest BCUT2D eigenvalue weighted by Gasteiger charge is -2.30. The van der Waals surface area contributed by atoms with Crippen LogP contribution >= 0.6 is 0 Å². The van der Waals surface area contributed by atoms with Crippen molar-refractivity contribution in [3.63, 3.8) is 0 Å². The lowest BCUT2D eigenvalue weighted by Crippen LogP contribution is -2.32. The topological polar surface area (TPSA) is 131 Å². The molecule has 0 unspecified atom stereocenters. The maximum Gasteiger partial charge on any atom is 0.269 e. The second-order valence-electron chi connectivity index (χ2n) is 9.50. The molecule has 2 amide bonds. The molecular formula is C29H25FN6O4. The third kappa shape index (κ3) is 5.04. The van der Waals surface area contributed by atoms with E-state index in [-0.39, 0.29) is 16.8 Å². The molecule has 40 heavy (non-hydrogen) atoms. The molecule has 0 spiro atoms. The lowest BCUT2D eigenvalue weighted by molar-refractivity contribution is -0.384. The van der Waals surface area contributed by atoms with Crippen molar-refractivity contribution in [2.75, 3.05) is 16.0 Å². The van der Waals surface area contributed by atoms with Crippen molar-refractivity contribution in [1.29, 1.82) is 0 Å². The molecule has 4 aromatic rings. The van der Waals surface area contributed by atoms with Crippen molar-refractivity contribution in [3.05, 3.63) is 122 Å². The van der Waals surface area contributed by atoms with Crippen molar-refractivity contribution in [1.82, 2.24) is 9.78 Å². The number of non-ortho nitro benzene ring substituents is 1. The molecule has 11 heteroatoms. The fourth-order valence-corrected chi connectivity index (χ4v) is 4.71. The van der Waals surface area contributed by atoms with Crippen molar-refractivity contribution in [2.24, 2.45) is 0 Å². The van der Waals surface area contributed by atoms with Gasteiger partial charge < -0.3 is 16.0 Å². The molecule has 2 heterocycles. The third-order valence-electron chi connectivity index (χ3n) is 6.64. The number of allylic oxidation sites excluding steroid dienone is 1. The Morgan fingerprint density at radius 3 is 2.45 bits per heavy atom. The quantitative estimate of drug-likeness (QED) is 0.212. The predicted octanol–water partition coefficient (Wildman–Crippen LogP) is 5.73. The van der Waals surface area contributed by atoms with Crippen LogP contribution in [0.2, 0.25) is 0 Å². The van der Waals surface area contributed by atoms with Crippen molar-refractivity contribution >= 4 is 34.7 Å². The molecule has 0 saturated heterocycles. The number of fused-ring (bicyclic) bond motifs is 1. The van der Waals surface area contributed by atoms with Crippen molar-refractivity contribution < 1.29 is 18.9 Å². The van der Waals surface area contributed by atoms with Crippen LogP contribution in [0.15, 0.2) is 84.2 Å². The molecule has 0 bridgehead atoms. The summed E-state index contributed by atoms with van der Waals surface area (Å²) < 4.78 is 14.8. The predicted molar refractivity (Wildman–Crippen MR) is 149 cm³/mol. The highest BCUT2D eigenvalue weighted by Gasteiger charge is 2.36. The SMILES string of the molecule is CC1=C(C(=O)Nc2ccc(C)cc2C)[C@H](c2cccc([N+](=O)[O-])c2)n2ncc(C(=O)Nc3ccc(F)cc3)c2N1. The summed E-state index contributed by atoms with van der Waals surface area (Å²) in [6, 6.07) is 16.1. The van der Waals surface area contributed by atoms with Crippen molar-refractivity contribution in [3.8, 4) is 0 Å². The molecule has 0 aliphatic carbocycles. The molecule has 5 rings (SSSR count). The first kappa shape index (κ1) is 26.3. The zero-order valence-corrected chi connectivity index (χ0v) is 21.9. The van der Waals surface area contributed by atoms with E-state index in [1.165, 1.54) is 53.3 Å². The van der Waals surface area contributed by atoms with E-state index in [1.807, 2.05) is 32.0 Å². The number of nitro groups is 1. The van der Waals surface area contributed by atoms with Gasteiger partial charge in [-0.1, -0.05) is 29.8 Å². The summed E-state index contributed by atoms with van der Waals surface area (Å²) in [5, 5.41) is 24.8. The maximum absolute atomic E-state index is 13.7. The Kier molecular flexibility index (Phi) is 6.87. The number of benzene rings is 3. The van der Waals surface area contributed by atoms with Gasteiger partial charge in [0.25, 0.3) is 17.5 Å². The van der Waals surface area contributed by atoms with Gasteiger partial charge in [0.2, 0.25) is 0 Å². The minimum absolute atomic E-state index is 0.147. The monoisotopic (exact) mass is 540 g/mol. The number of hydrogen-bond donors (Lipinski definition) is 3. The van der Waals surface area contributed by atoms with Gasteiger partial charge in [-0.2, -0.15) is 5.10 Å². The number of carbonyl (C=O) groups is 2. The van der Waals surface area contributed by atoms with E-state index in [0.717, 1.165) is 11.1 Å². The van der Waals surface area contributed by atoms with Gasteiger partial charge in [0.05, 0.1) is 16.7 Å². The van der Waals surface area contributed by atoms with Crippen LogP contribution in [0, 0.1) is 29.8 Å². The zero-order chi connectivity index (χ0) is 28.6. The lowest BCUT2D eigenvalue weighted by atomic mass is 9.94. The van der Waals surface area contributed by atoms with Crippen LogP contribution in [0.4, 0.5) is 27.3 Å². The fourth-order valence-electron chi connectivity index (χ4n) is 4.71. The van der Waals surface area contributed by atoms with E-state index in [2.05, 4.69) is 21.0 Å². The van der Waals surface area contributed by atoms with E-state index >= 15 is 0 Å². The molecule has 3 aromatic carbocycles. The molecule has 0 fully saturated rings. The number of nitro benzene ring substituents is 1. The van der Waals surface area contributed by atoms with Gasteiger partial charge >= 0.3 is 0 Å². The first-order valence-electron chi connectivity index (χ1n) is 12.4. The van der Waals surface area contributed by atoms with Crippen LogP contribution in [0.1, 0.15) is 40.0 Å². The fraction of sp³-hybridized carbons (Fsp3) is 0.138. The number of hydrogen-bond acceptors (Lipinski definition) is 6. The molecular weight excluding hydrogens is 515 g/mol. The van der Waals surface area contributed by atoms with E-state index in [4.69, 9.17) is 0 Å². The Morgan fingerprint density at radius 1 is 1.00 bits per heavy atom. The van der Waals surface area contributed by atoms with Gasteiger partial charge in [-0.15, -0.1) is 0 Å². The third-order valence-corrected chi connectivity index (χ3v) is 6.64. The number of amides is 2. The highest BCUT2D eigenvalue weighted by molar-refractivity contribution is 6.09. The maximum atomic E-state index is 13.7. The minimum Gasteiger partial charge on any atom is -0.343 e. The first-order valence-corrected chi connectivity index (χ1v) is 12.4. The van der Waals surface area contributed by atoms with Crippen LogP contribution in [0.25, 0.3) is 0 Å². The second-order valence-corrected chi connectivity index (χ2v) is 9.50. The standard InChI is InChI=1S/C29H25FN6O4/c1-16-7-12-24(17(2)13-16)34-29(38)25-18(3)32-27-23(28(37)33-21-10-8-20(30)9-11-21)15-31-35(27)26(25)19-5-4-6-22(14-19)36(39)40/h4-15,26,32H,1-3H3,(H,33,37)(H,34,38)/t26-/m0/s1. The Labute approximate surface area is 228 Å². The highest BCUT2D eigenvalue weighted by Crippen LogP contribution is 2.39. The second kappa shape index (κ2) is 10.4. The molecule has 1 aromatic heterocycles. The van der Waals surface area contributed by atoms with Crippen LogP contribution in [-0.4, -0.2) is 26.5 Å². The molecule has 1 aliphatic rings. The number of aryl methyl sites for hydroxylation is 2. The van der Waals surface area contributed by atoms with E-state index in [1.54, 1.807) is 13.0 Å². The zero-order valence-electron chi connectivity index (χ0n) is 21.9. The van der Waals surface area contributed by atoms with Crippen molar-refractivity contribution in [2.45, 2.75) is 26.8 Å². The number of nitrogens with one attached hydrogen (secondary N) is 3. The van der Waals surface area contributed by atoms with Gasteiger partial charge in [0.15, 0.2) is 0 Å². The molecule has 3 N–H and O–H groups in total. The Balaban J connectivity index is 1.57. The minimum atomic E-state index is -0.880. The van der Waals surface area contributed by atoms with E-state index in [9.17, 15) is 24.1 Å². The summed E-state index contributed by atoms with van der Waals surface area (Å²) in [6.07, 6.45) is 1.35. The van der Waals surface area contributed by atoms with Crippen LogP contribution in [-0.2, 0) is 4.79 Å². The Hall–Kier alpha value is -5.32.